The minimum Gasteiger partial charge on any atom is -0.358 e. The maximum atomic E-state index is 12.7. The lowest BCUT2D eigenvalue weighted by molar-refractivity contribution is -0.121. The number of para-hydroxylation sites is 1. The molecule has 1 aliphatic carbocycles. The van der Waals surface area contributed by atoms with Gasteiger partial charge in [0.15, 0.2) is 0 Å². The van der Waals surface area contributed by atoms with Crippen LogP contribution < -0.4 is 16.0 Å². The molecule has 1 aromatic carbocycles. The number of nitrogens with two attached hydrogens (primary N) is 1. The molecule has 5 nitrogen and oxygen atoms in total. The Morgan fingerprint density at radius 1 is 1.11 bits per heavy atom. The first kappa shape index (κ1) is 24.2. The summed E-state index contributed by atoms with van der Waals surface area (Å²) in [6.45, 7) is 1.62. The first-order chi connectivity index (χ1) is 12.8. The van der Waals surface area contributed by atoms with Crippen molar-refractivity contribution in [3.8, 4) is 0 Å². The van der Waals surface area contributed by atoms with Gasteiger partial charge < -0.3 is 16.0 Å². The standard InChI is InChI=1S/C21H28N4O.2ClH/c22-13-18-8-4-5-11-20(18)24-21(26)16-25(19-9-2-1-3-10-19)15-17-7-6-12-23-14-17;;/h1-3,6-7,9-10,12,14,18,20H,4-5,8,11,13,15-16,22H2,(H,24,26);2*1H. The van der Waals surface area contributed by atoms with Gasteiger partial charge in [-0.15, -0.1) is 24.8 Å². The first-order valence-electron chi connectivity index (χ1n) is 9.44. The fraction of sp³-hybridized carbons (Fsp3) is 0.429. The number of carbonyl (C=O) groups is 1. The van der Waals surface area contributed by atoms with Crippen LogP contribution in [0.2, 0.25) is 0 Å². The van der Waals surface area contributed by atoms with Crippen LogP contribution in [-0.2, 0) is 11.3 Å². The van der Waals surface area contributed by atoms with Gasteiger partial charge in [0.05, 0.1) is 6.54 Å². The number of nitrogens with zero attached hydrogens (tertiary/aromatic N) is 2. The van der Waals surface area contributed by atoms with E-state index >= 15 is 0 Å². The Kier molecular flexibility index (Phi) is 10.9. The Labute approximate surface area is 179 Å². The number of anilines is 1. The number of benzene rings is 1. The zero-order chi connectivity index (χ0) is 18.2. The average molecular weight is 425 g/mol. The quantitative estimate of drug-likeness (QED) is 0.712. The van der Waals surface area contributed by atoms with E-state index in [9.17, 15) is 4.79 Å². The highest BCUT2D eigenvalue weighted by Gasteiger charge is 2.25. The van der Waals surface area contributed by atoms with Crippen LogP contribution in [0.4, 0.5) is 5.69 Å². The van der Waals surface area contributed by atoms with Gasteiger partial charge >= 0.3 is 0 Å². The van der Waals surface area contributed by atoms with E-state index in [2.05, 4.69) is 15.2 Å². The summed E-state index contributed by atoms with van der Waals surface area (Å²) in [5.74, 6) is 0.458. The van der Waals surface area contributed by atoms with E-state index in [1.54, 1.807) is 6.20 Å². The summed E-state index contributed by atoms with van der Waals surface area (Å²) < 4.78 is 0. The SMILES string of the molecule is Cl.Cl.NCC1CCCCC1NC(=O)CN(Cc1cccnc1)c1ccccc1. The van der Waals surface area contributed by atoms with Crippen molar-refractivity contribution < 1.29 is 4.79 Å². The van der Waals surface area contributed by atoms with Crippen LogP contribution >= 0.6 is 24.8 Å². The van der Waals surface area contributed by atoms with Gasteiger partial charge in [-0.2, -0.15) is 0 Å². The maximum absolute atomic E-state index is 12.7. The first-order valence-corrected chi connectivity index (χ1v) is 9.44. The molecule has 2 atom stereocenters. The summed E-state index contributed by atoms with van der Waals surface area (Å²) >= 11 is 0. The minimum absolute atomic E-state index is 0. The van der Waals surface area contributed by atoms with Crippen LogP contribution in [0.15, 0.2) is 54.9 Å². The lowest BCUT2D eigenvalue weighted by Gasteiger charge is -2.32. The smallest absolute Gasteiger partial charge is 0.239 e. The van der Waals surface area contributed by atoms with Crippen molar-refractivity contribution in [1.82, 2.24) is 10.3 Å². The minimum atomic E-state index is 0. The summed E-state index contributed by atoms with van der Waals surface area (Å²) in [5, 5.41) is 3.23. The van der Waals surface area contributed by atoms with E-state index in [0.29, 0.717) is 25.6 Å². The maximum Gasteiger partial charge on any atom is 0.239 e. The molecule has 1 aromatic heterocycles. The molecule has 154 valence electrons. The Bertz CT molecular complexity index is 687. The third-order valence-corrected chi connectivity index (χ3v) is 5.11. The van der Waals surface area contributed by atoms with Crippen molar-refractivity contribution in [2.75, 3.05) is 18.0 Å². The van der Waals surface area contributed by atoms with Gasteiger partial charge in [-0.05, 0) is 49.1 Å². The topological polar surface area (TPSA) is 71.2 Å². The van der Waals surface area contributed by atoms with Gasteiger partial charge in [0.25, 0.3) is 0 Å². The molecule has 3 N–H and O–H groups in total. The van der Waals surface area contributed by atoms with E-state index in [0.717, 1.165) is 24.1 Å². The highest BCUT2D eigenvalue weighted by atomic mass is 35.5. The summed E-state index contributed by atoms with van der Waals surface area (Å²) in [7, 11) is 0. The van der Waals surface area contributed by atoms with Crippen molar-refractivity contribution in [3.05, 3.63) is 60.4 Å². The lowest BCUT2D eigenvalue weighted by Crippen LogP contribution is -2.48. The molecule has 3 rings (SSSR count). The number of pyridine rings is 1. The van der Waals surface area contributed by atoms with Crippen LogP contribution in [0, 0.1) is 5.92 Å². The van der Waals surface area contributed by atoms with Gasteiger partial charge in [0, 0.05) is 30.7 Å². The Balaban J connectivity index is 0.00000196. The van der Waals surface area contributed by atoms with E-state index in [-0.39, 0.29) is 36.8 Å². The van der Waals surface area contributed by atoms with Gasteiger partial charge in [0.2, 0.25) is 5.91 Å². The fourth-order valence-corrected chi connectivity index (χ4v) is 3.69. The number of rotatable bonds is 7. The predicted octanol–water partition coefficient (Wildman–Crippen LogP) is 3.57. The summed E-state index contributed by atoms with van der Waals surface area (Å²) in [5.41, 5.74) is 8.01. The van der Waals surface area contributed by atoms with Crippen LogP contribution in [-0.4, -0.2) is 30.0 Å². The molecule has 1 amide bonds. The Morgan fingerprint density at radius 3 is 2.54 bits per heavy atom. The number of nitrogens with one attached hydrogen (secondary N) is 1. The second-order valence-electron chi connectivity index (χ2n) is 7.01. The molecule has 2 unspecified atom stereocenters. The third-order valence-electron chi connectivity index (χ3n) is 5.11. The number of carbonyl (C=O) groups excluding carboxylic acids is 1. The Morgan fingerprint density at radius 2 is 1.86 bits per heavy atom. The fourth-order valence-electron chi connectivity index (χ4n) is 3.69. The molecule has 0 radical (unpaired) electrons. The second kappa shape index (κ2) is 12.6. The monoisotopic (exact) mass is 424 g/mol. The number of amides is 1. The molecule has 28 heavy (non-hydrogen) atoms. The van der Waals surface area contributed by atoms with Gasteiger partial charge in [0.1, 0.15) is 0 Å². The summed E-state index contributed by atoms with van der Waals surface area (Å²) in [6.07, 6.45) is 8.13. The molecular weight excluding hydrogens is 395 g/mol. The number of hydrogen-bond acceptors (Lipinski definition) is 4. The molecule has 1 aliphatic rings. The van der Waals surface area contributed by atoms with Crippen LogP contribution in [0.25, 0.3) is 0 Å². The summed E-state index contributed by atoms with van der Waals surface area (Å²) in [4.78, 5) is 19.0. The van der Waals surface area contributed by atoms with Crippen molar-refractivity contribution in [2.24, 2.45) is 11.7 Å². The molecule has 7 heteroatoms. The van der Waals surface area contributed by atoms with Crippen LogP contribution in [0.1, 0.15) is 31.2 Å². The van der Waals surface area contributed by atoms with E-state index < -0.39 is 0 Å². The van der Waals surface area contributed by atoms with E-state index in [1.807, 2.05) is 48.7 Å². The zero-order valence-electron chi connectivity index (χ0n) is 16.0. The van der Waals surface area contributed by atoms with Gasteiger partial charge in [-0.3, -0.25) is 9.78 Å². The predicted molar refractivity (Wildman–Crippen MR) is 119 cm³/mol. The second-order valence-corrected chi connectivity index (χ2v) is 7.01. The van der Waals surface area contributed by atoms with Crippen molar-refractivity contribution in [1.29, 1.82) is 0 Å². The molecule has 1 fully saturated rings. The molecule has 1 heterocycles. The molecular formula is C21H30Cl2N4O. The van der Waals surface area contributed by atoms with Crippen molar-refractivity contribution in [3.63, 3.8) is 0 Å². The number of aromatic nitrogens is 1. The molecule has 0 saturated heterocycles. The molecule has 1 saturated carbocycles. The van der Waals surface area contributed by atoms with Gasteiger partial charge in [-0.1, -0.05) is 37.1 Å². The molecule has 0 bridgehead atoms. The number of halogens is 2. The third kappa shape index (κ3) is 6.97. The summed E-state index contributed by atoms with van der Waals surface area (Å²) in [6, 6.07) is 14.2. The Hall–Kier alpha value is -1.82. The lowest BCUT2D eigenvalue weighted by atomic mass is 9.84. The van der Waals surface area contributed by atoms with E-state index in [4.69, 9.17) is 5.73 Å². The van der Waals surface area contributed by atoms with Gasteiger partial charge in [-0.25, -0.2) is 0 Å². The normalized spacial score (nSPS) is 18.3. The number of hydrogen-bond donors (Lipinski definition) is 2. The largest absolute Gasteiger partial charge is 0.358 e. The molecule has 0 spiro atoms. The van der Waals surface area contributed by atoms with Crippen LogP contribution in [0.5, 0.6) is 0 Å². The molecule has 0 aliphatic heterocycles. The van der Waals surface area contributed by atoms with E-state index in [1.165, 1.54) is 12.8 Å². The van der Waals surface area contributed by atoms with Crippen LogP contribution in [0.3, 0.4) is 0 Å². The zero-order valence-corrected chi connectivity index (χ0v) is 17.6. The highest BCUT2D eigenvalue weighted by Crippen LogP contribution is 2.23. The average Bonchev–Trinajstić information content (AvgIpc) is 2.69. The van der Waals surface area contributed by atoms with Crippen molar-refractivity contribution in [2.45, 2.75) is 38.3 Å². The van der Waals surface area contributed by atoms with Crippen molar-refractivity contribution >= 4 is 36.4 Å². The molecule has 2 aromatic rings. The highest BCUT2D eigenvalue weighted by molar-refractivity contribution is 5.85.